The highest BCUT2D eigenvalue weighted by Crippen LogP contribution is 2.18. The maximum absolute atomic E-state index is 9.41. The van der Waals surface area contributed by atoms with E-state index in [9.17, 15) is 5.11 Å². The van der Waals surface area contributed by atoms with Gasteiger partial charge >= 0.3 is 0 Å². The molecule has 0 unspecified atom stereocenters. The standard InChI is InChI=1S/C16H27N3O/c1-13(20)12-19-8-5-15(6-9-19)10-18-14(2)16-4-3-7-17-11-16/h3-4,7,11,13-15,18,20H,5-6,8-10,12H2,1-2H3/t13-,14-/m1/s1. The van der Waals surface area contributed by atoms with Gasteiger partial charge in [-0.3, -0.25) is 4.98 Å². The van der Waals surface area contributed by atoms with E-state index in [1.807, 2.05) is 25.4 Å². The Morgan fingerprint density at radius 2 is 2.15 bits per heavy atom. The molecule has 4 nitrogen and oxygen atoms in total. The van der Waals surface area contributed by atoms with Crippen LogP contribution in [0.2, 0.25) is 0 Å². The predicted molar refractivity (Wildman–Crippen MR) is 81.5 cm³/mol. The van der Waals surface area contributed by atoms with E-state index in [2.05, 4.69) is 28.2 Å². The topological polar surface area (TPSA) is 48.4 Å². The molecule has 2 rings (SSSR count). The van der Waals surface area contributed by atoms with Crippen molar-refractivity contribution in [2.75, 3.05) is 26.2 Å². The van der Waals surface area contributed by atoms with Gasteiger partial charge in [0.05, 0.1) is 6.10 Å². The lowest BCUT2D eigenvalue weighted by Gasteiger charge is -2.33. The van der Waals surface area contributed by atoms with Gasteiger partial charge in [0.15, 0.2) is 0 Å². The molecule has 1 fully saturated rings. The number of aromatic nitrogens is 1. The van der Waals surface area contributed by atoms with Gasteiger partial charge in [0.1, 0.15) is 0 Å². The lowest BCUT2D eigenvalue weighted by atomic mass is 9.96. The zero-order chi connectivity index (χ0) is 14.4. The summed E-state index contributed by atoms with van der Waals surface area (Å²) >= 11 is 0. The summed E-state index contributed by atoms with van der Waals surface area (Å²) in [7, 11) is 0. The van der Waals surface area contributed by atoms with Crippen molar-refractivity contribution in [3.05, 3.63) is 30.1 Å². The number of aliphatic hydroxyl groups excluding tert-OH is 1. The van der Waals surface area contributed by atoms with Gasteiger partial charge < -0.3 is 15.3 Å². The molecule has 0 saturated carbocycles. The normalized spacial score (nSPS) is 20.8. The second kappa shape index (κ2) is 7.72. The molecule has 1 aliphatic heterocycles. The average Bonchev–Trinajstić information content (AvgIpc) is 2.46. The van der Waals surface area contributed by atoms with Gasteiger partial charge in [0, 0.05) is 25.0 Å². The van der Waals surface area contributed by atoms with Crippen molar-refractivity contribution in [1.29, 1.82) is 0 Å². The van der Waals surface area contributed by atoms with Crippen LogP contribution in [0.3, 0.4) is 0 Å². The second-order valence-electron chi connectivity index (χ2n) is 6.01. The van der Waals surface area contributed by atoms with Gasteiger partial charge in [0.2, 0.25) is 0 Å². The fraction of sp³-hybridized carbons (Fsp3) is 0.688. The van der Waals surface area contributed by atoms with Crippen LogP contribution in [0.25, 0.3) is 0 Å². The van der Waals surface area contributed by atoms with Gasteiger partial charge in [-0.1, -0.05) is 6.07 Å². The van der Waals surface area contributed by atoms with Crippen molar-refractivity contribution in [2.24, 2.45) is 5.92 Å². The zero-order valence-electron chi connectivity index (χ0n) is 12.6. The van der Waals surface area contributed by atoms with Gasteiger partial charge in [-0.2, -0.15) is 0 Å². The Morgan fingerprint density at radius 3 is 2.75 bits per heavy atom. The largest absolute Gasteiger partial charge is 0.392 e. The maximum atomic E-state index is 9.41. The molecule has 2 heterocycles. The highest BCUT2D eigenvalue weighted by molar-refractivity contribution is 5.12. The van der Waals surface area contributed by atoms with E-state index in [1.54, 1.807) is 0 Å². The molecule has 0 amide bonds. The van der Waals surface area contributed by atoms with Crippen LogP contribution in [-0.2, 0) is 0 Å². The van der Waals surface area contributed by atoms with Crippen molar-refractivity contribution in [3.63, 3.8) is 0 Å². The first kappa shape index (κ1) is 15.4. The molecule has 1 aromatic heterocycles. The van der Waals surface area contributed by atoms with Crippen molar-refractivity contribution in [2.45, 2.75) is 38.8 Å². The number of β-amino-alcohol motifs (C(OH)–C–C–N with tert-alkyl or cyclic N) is 1. The van der Waals surface area contributed by atoms with Crippen LogP contribution in [0.4, 0.5) is 0 Å². The highest BCUT2D eigenvalue weighted by Gasteiger charge is 2.20. The predicted octanol–water partition coefficient (Wildman–Crippen LogP) is 1.82. The summed E-state index contributed by atoms with van der Waals surface area (Å²) in [5, 5.41) is 13.0. The minimum atomic E-state index is -0.213. The smallest absolute Gasteiger partial charge is 0.0639 e. The lowest BCUT2D eigenvalue weighted by Crippen LogP contribution is -2.40. The van der Waals surface area contributed by atoms with Crippen LogP contribution in [0.1, 0.15) is 38.3 Å². The Hall–Kier alpha value is -0.970. The Labute approximate surface area is 122 Å². The van der Waals surface area contributed by atoms with Crippen LogP contribution in [-0.4, -0.2) is 47.3 Å². The number of aliphatic hydroxyl groups is 1. The first-order chi connectivity index (χ1) is 9.65. The summed E-state index contributed by atoms with van der Waals surface area (Å²) in [5.41, 5.74) is 1.25. The number of pyridine rings is 1. The van der Waals surface area contributed by atoms with Crippen molar-refractivity contribution in [1.82, 2.24) is 15.2 Å². The Morgan fingerprint density at radius 1 is 1.40 bits per heavy atom. The molecule has 2 N–H and O–H groups in total. The molecule has 2 atom stereocenters. The summed E-state index contributed by atoms with van der Waals surface area (Å²) in [6.07, 6.45) is 5.98. The van der Waals surface area contributed by atoms with Crippen LogP contribution in [0.15, 0.2) is 24.5 Å². The first-order valence-corrected chi connectivity index (χ1v) is 7.69. The molecule has 20 heavy (non-hydrogen) atoms. The fourth-order valence-corrected chi connectivity index (χ4v) is 2.84. The summed E-state index contributed by atoms with van der Waals surface area (Å²) < 4.78 is 0. The minimum absolute atomic E-state index is 0.213. The molecule has 0 radical (unpaired) electrons. The number of rotatable bonds is 6. The van der Waals surface area contributed by atoms with Crippen molar-refractivity contribution >= 4 is 0 Å². The number of nitrogens with one attached hydrogen (secondary N) is 1. The molecule has 1 aliphatic rings. The molecule has 112 valence electrons. The summed E-state index contributed by atoms with van der Waals surface area (Å²) in [6.45, 7) is 8.16. The molecule has 1 saturated heterocycles. The number of piperidine rings is 1. The Balaban J connectivity index is 1.68. The zero-order valence-corrected chi connectivity index (χ0v) is 12.6. The van der Waals surface area contributed by atoms with E-state index in [-0.39, 0.29) is 6.10 Å². The molecule has 0 spiro atoms. The molecule has 1 aromatic rings. The van der Waals surface area contributed by atoms with E-state index >= 15 is 0 Å². The van der Waals surface area contributed by atoms with Crippen molar-refractivity contribution in [3.8, 4) is 0 Å². The second-order valence-corrected chi connectivity index (χ2v) is 6.01. The average molecular weight is 277 g/mol. The number of likely N-dealkylation sites (tertiary alicyclic amines) is 1. The highest BCUT2D eigenvalue weighted by atomic mass is 16.3. The molecular weight excluding hydrogens is 250 g/mol. The third kappa shape index (κ3) is 4.85. The van der Waals surface area contributed by atoms with E-state index in [0.717, 1.165) is 32.1 Å². The third-order valence-electron chi connectivity index (χ3n) is 4.13. The van der Waals surface area contributed by atoms with Crippen molar-refractivity contribution < 1.29 is 5.11 Å². The minimum Gasteiger partial charge on any atom is -0.392 e. The molecule has 0 aliphatic carbocycles. The number of hydrogen-bond donors (Lipinski definition) is 2. The van der Waals surface area contributed by atoms with Crippen LogP contribution in [0.5, 0.6) is 0 Å². The fourth-order valence-electron chi connectivity index (χ4n) is 2.84. The Bertz CT molecular complexity index is 375. The van der Waals surface area contributed by atoms with Gasteiger partial charge in [-0.15, -0.1) is 0 Å². The van der Waals surface area contributed by atoms with E-state index in [4.69, 9.17) is 0 Å². The monoisotopic (exact) mass is 277 g/mol. The van der Waals surface area contributed by atoms with Gasteiger partial charge in [-0.05, 0) is 63.9 Å². The first-order valence-electron chi connectivity index (χ1n) is 7.69. The summed E-state index contributed by atoms with van der Waals surface area (Å²) in [5.74, 6) is 0.749. The maximum Gasteiger partial charge on any atom is 0.0639 e. The molecular formula is C16H27N3O. The Kier molecular flexibility index (Phi) is 5.95. The molecule has 4 heteroatoms. The lowest BCUT2D eigenvalue weighted by molar-refractivity contribution is 0.0994. The molecule has 0 bridgehead atoms. The van der Waals surface area contributed by atoms with E-state index in [1.165, 1.54) is 18.4 Å². The van der Waals surface area contributed by atoms with Gasteiger partial charge in [-0.25, -0.2) is 0 Å². The summed E-state index contributed by atoms with van der Waals surface area (Å²) in [4.78, 5) is 6.53. The van der Waals surface area contributed by atoms with Crippen LogP contribution in [0, 0.1) is 5.92 Å². The number of hydrogen-bond acceptors (Lipinski definition) is 4. The quantitative estimate of drug-likeness (QED) is 0.833. The van der Waals surface area contributed by atoms with Gasteiger partial charge in [0.25, 0.3) is 0 Å². The molecule has 0 aromatic carbocycles. The van der Waals surface area contributed by atoms with E-state index < -0.39 is 0 Å². The number of nitrogens with zero attached hydrogens (tertiary/aromatic N) is 2. The van der Waals surface area contributed by atoms with Crippen LogP contribution < -0.4 is 5.32 Å². The summed E-state index contributed by atoms with van der Waals surface area (Å²) in [6, 6.07) is 4.47. The van der Waals surface area contributed by atoms with Crippen LogP contribution >= 0.6 is 0 Å². The van der Waals surface area contributed by atoms with E-state index in [0.29, 0.717) is 6.04 Å². The third-order valence-corrected chi connectivity index (χ3v) is 4.13. The SMILES string of the molecule is C[C@@H](O)CN1CCC(CN[C@H](C)c2cccnc2)CC1.